The van der Waals surface area contributed by atoms with Gasteiger partial charge in [0, 0.05) is 16.8 Å². The highest BCUT2D eigenvalue weighted by molar-refractivity contribution is 7.99. The molecule has 0 atom stereocenters. The lowest BCUT2D eigenvalue weighted by molar-refractivity contribution is -0.119. The molecule has 9 heteroatoms. The van der Waals surface area contributed by atoms with Crippen molar-refractivity contribution in [1.82, 2.24) is 20.1 Å². The monoisotopic (exact) mass is 488 g/mol. The molecule has 0 aliphatic rings. The van der Waals surface area contributed by atoms with Crippen LogP contribution in [0.25, 0.3) is 5.69 Å². The van der Waals surface area contributed by atoms with Crippen molar-refractivity contribution in [3.05, 3.63) is 59.4 Å². The normalized spacial score (nSPS) is 10.9. The maximum Gasteiger partial charge on any atom is 0.230 e. The van der Waals surface area contributed by atoms with Crippen LogP contribution in [0.5, 0.6) is 11.5 Å². The first-order valence-corrected chi connectivity index (χ1v) is 12.4. The number of hydrogen-bond acceptors (Lipinski definition) is 6. The summed E-state index contributed by atoms with van der Waals surface area (Å²) in [6.45, 7) is 6.90. The number of halogens is 1. The van der Waals surface area contributed by atoms with Crippen LogP contribution >= 0.6 is 23.4 Å². The van der Waals surface area contributed by atoms with Gasteiger partial charge >= 0.3 is 0 Å². The summed E-state index contributed by atoms with van der Waals surface area (Å²) < 4.78 is 13.3. The molecule has 1 heterocycles. The zero-order valence-electron chi connectivity index (χ0n) is 19.1. The Kier molecular flexibility index (Phi) is 9.45. The highest BCUT2D eigenvalue weighted by atomic mass is 35.5. The van der Waals surface area contributed by atoms with Gasteiger partial charge in [-0.1, -0.05) is 37.2 Å². The van der Waals surface area contributed by atoms with Gasteiger partial charge in [-0.15, -0.1) is 10.2 Å². The van der Waals surface area contributed by atoms with E-state index in [1.807, 2.05) is 60.0 Å². The third kappa shape index (κ3) is 7.14. The maximum absolute atomic E-state index is 12.4. The van der Waals surface area contributed by atoms with Gasteiger partial charge < -0.3 is 14.8 Å². The molecule has 0 aliphatic heterocycles. The summed E-state index contributed by atoms with van der Waals surface area (Å²) in [7, 11) is 0. The lowest BCUT2D eigenvalue weighted by atomic mass is 10.2. The molecule has 176 valence electrons. The van der Waals surface area contributed by atoms with E-state index in [9.17, 15) is 4.79 Å². The van der Waals surface area contributed by atoms with E-state index >= 15 is 0 Å². The van der Waals surface area contributed by atoms with Crippen LogP contribution in [0.15, 0.2) is 53.7 Å². The number of rotatable bonds is 12. The number of hydrogen-bond donors (Lipinski definition) is 1. The Hall–Kier alpha value is -2.71. The molecule has 3 rings (SSSR count). The molecule has 2 aromatic carbocycles. The summed E-state index contributed by atoms with van der Waals surface area (Å²) in [4.78, 5) is 12.4. The van der Waals surface area contributed by atoms with Crippen molar-refractivity contribution in [3.8, 4) is 17.2 Å². The van der Waals surface area contributed by atoms with E-state index in [1.54, 1.807) is 0 Å². The Balaban J connectivity index is 1.75. The lowest BCUT2D eigenvalue weighted by Crippen LogP contribution is -2.35. The number of carbonyl (C=O) groups excluding carboxylic acids is 1. The van der Waals surface area contributed by atoms with E-state index < -0.39 is 0 Å². The Bertz CT molecular complexity index is 1020. The Morgan fingerprint density at radius 2 is 1.64 bits per heavy atom. The summed E-state index contributed by atoms with van der Waals surface area (Å²) in [5, 5.41) is 12.9. The van der Waals surface area contributed by atoms with Crippen molar-refractivity contribution in [2.45, 2.75) is 51.4 Å². The molecular weight excluding hydrogens is 460 g/mol. The largest absolute Gasteiger partial charge is 0.494 e. The van der Waals surface area contributed by atoms with Crippen LogP contribution in [-0.2, 0) is 11.4 Å². The number of aromatic nitrogens is 3. The molecule has 0 saturated heterocycles. The third-order valence-corrected chi connectivity index (χ3v) is 6.15. The van der Waals surface area contributed by atoms with Crippen LogP contribution in [-0.4, -0.2) is 39.1 Å². The molecule has 0 spiro atoms. The molecule has 0 aliphatic carbocycles. The third-order valence-electron chi connectivity index (χ3n) is 4.97. The Morgan fingerprint density at radius 1 is 1.00 bits per heavy atom. The van der Waals surface area contributed by atoms with Crippen molar-refractivity contribution < 1.29 is 14.3 Å². The molecule has 0 radical (unpaired) electrons. The Morgan fingerprint density at radius 3 is 2.24 bits per heavy atom. The predicted molar refractivity (Wildman–Crippen MR) is 132 cm³/mol. The smallest absolute Gasteiger partial charge is 0.230 e. The SMILES string of the molecule is CCOc1ccc(OCc2nnc(SCC(=O)NC(CC)CC)n2-c2ccc(Cl)cc2)cc1. The standard InChI is InChI=1S/C24H29ClN4O3S/c1-4-18(5-2)26-23(30)16-33-24-28-27-22(29(24)19-9-7-17(25)8-10-19)15-32-21-13-11-20(12-14-21)31-6-3/h7-14,18H,4-6,15-16H2,1-3H3,(H,26,30). The second-order valence-corrected chi connectivity index (χ2v) is 8.65. The quantitative estimate of drug-likeness (QED) is 0.349. The van der Waals surface area contributed by atoms with Gasteiger partial charge in [0.2, 0.25) is 5.91 Å². The molecule has 0 unspecified atom stereocenters. The zero-order chi connectivity index (χ0) is 23.6. The Labute approximate surface area is 203 Å². The van der Waals surface area contributed by atoms with Crippen molar-refractivity contribution in [2.75, 3.05) is 12.4 Å². The topological polar surface area (TPSA) is 78.3 Å². The number of benzene rings is 2. The van der Waals surface area contributed by atoms with Gasteiger partial charge in [-0.2, -0.15) is 0 Å². The molecule has 0 fully saturated rings. The van der Waals surface area contributed by atoms with Crippen LogP contribution < -0.4 is 14.8 Å². The fourth-order valence-electron chi connectivity index (χ4n) is 3.18. The van der Waals surface area contributed by atoms with Crippen LogP contribution in [0.4, 0.5) is 0 Å². The lowest BCUT2D eigenvalue weighted by Gasteiger charge is -2.15. The van der Waals surface area contributed by atoms with Gasteiger partial charge in [0.1, 0.15) is 18.1 Å². The van der Waals surface area contributed by atoms with Gasteiger partial charge in [0.25, 0.3) is 0 Å². The molecule has 1 amide bonds. The number of nitrogens with one attached hydrogen (secondary N) is 1. The van der Waals surface area contributed by atoms with E-state index in [0.29, 0.717) is 28.4 Å². The second-order valence-electron chi connectivity index (χ2n) is 7.27. The maximum atomic E-state index is 12.4. The molecule has 33 heavy (non-hydrogen) atoms. The van der Waals surface area contributed by atoms with Gasteiger partial charge in [0.05, 0.1) is 12.4 Å². The fraction of sp³-hybridized carbons (Fsp3) is 0.375. The average Bonchev–Trinajstić information content (AvgIpc) is 3.24. The zero-order valence-corrected chi connectivity index (χ0v) is 20.7. The number of thioether (sulfide) groups is 1. The van der Waals surface area contributed by atoms with Crippen molar-refractivity contribution in [2.24, 2.45) is 0 Å². The number of carbonyl (C=O) groups is 1. The minimum atomic E-state index is -0.0217. The molecule has 7 nitrogen and oxygen atoms in total. The van der Waals surface area contributed by atoms with Crippen LogP contribution in [0, 0.1) is 0 Å². The summed E-state index contributed by atoms with van der Waals surface area (Å²) in [5.41, 5.74) is 0.845. The van der Waals surface area contributed by atoms with E-state index in [-0.39, 0.29) is 24.3 Å². The van der Waals surface area contributed by atoms with Crippen LogP contribution in [0.1, 0.15) is 39.4 Å². The molecule has 1 N–H and O–H groups in total. The van der Waals surface area contributed by atoms with Crippen molar-refractivity contribution >= 4 is 29.3 Å². The van der Waals surface area contributed by atoms with Gasteiger partial charge in [-0.05, 0) is 68.3 Å². The molecule has 1 aromatic heterocycles. The van der Waals surface area contributed by atoms with E-state index in [1.165, 1.54) is 11.8 Å². The highest BCUT2D eigenvalue weighted by Gasteiger charge is 2.17. The summed E-state index contributed by atoms with van der Waals surface area (Å²) in [6.07, 6.45) is 1.81. The van der Waals surface area contributed by atoms with Gasteiger partial charge in [-0.3, -0.25) is 9.36 Å². The number of ether oxygens (including phenoxy) is 2. The van der Waals surface area contributed by atoms with Crippen LogP contribution in [0.2, 0.25) is 5.02 Å². The minimum Gasteiger partial charge on any atom is -0.494 e. The van der Waals surface area contributed by atoms with Gasteiger partial charge in [0.15, 0.2) is 11.0 Å². The van der Waals surface area contributed by atoms with E-state index in [0.717, 1.165) is 24.3 Å². The molecule has 0 saturated carbocycles. The fourth-order valence-corrected chi connectivity index (χ4v) is 4.08. The van der Waals surface area contributed by atoms with Gasteiger partial charge in [-0.25, -0.2) is 0 Å². The predicted octanol–water partition coefficient (Wildman–Crippen LogP) is 5.30. The van der Waals surface area contributed by atoms with E-state index in [4.69, 9.17) is 21.1 Å². The molecule has 3 aromatic rings. The average molecular weight is 489 g/mol. The first-order valence-electron chi connectivity index (χ1n) is 11.0. The molecule has 0 bridgehead atoms. The summed E-state index contributed by atoms with van der Waals surface area (Å²) in [6, 6.07) is 15.0. The summed E-state index contributed by atoms with van der Waals surface area (Å²) in [5.74, 6) is 2.34. The first-order chi connectivity index (χ1) is 16.0. The number of amides is 1. The first kappa shape index (κ1) is 24.9. The second kappa shape index (κ2) is 12.5. The highest BCUT2D eigenvalue weighted by Crippen LogP contribution is 2.25. The number of nitrogens with zero attached hydrogens (tertiary/aromatic N) is 3. The molecular formula is C24H29ClN4O3S. The van der Waals surface area contributed by atoms with Crippen LogP contribution in [0.3, 0.4) is 0 Å². The van der Waals surface area contributed by atoms with Crippen molar-refractivity contribution in [1.29, 1.82) is 0 Å². The van der Waals surface area contributed by atoms with E-state index in [2.05, 4.69) is 29.4 Å². The minimum absolute atomic E-state index is 0.0217. The summed E-state index contributed by atoms with van der Waals surface area (Å²) >= 11 is 7.41. The van der Waals surface area contributed by atoms with Crippen molar-refractivity contribution in [3.63, 3.8) is 0 Å².